The second-order valence-electron chi connectivity index (χ2n) is 7.82. The average Bonchev–Trinajstić information content (AvgIpc) is 3.17. The SMILES string of the molecule is CCCCNC(=NCC(=O)N(C)C)NC1CCN(Cc2cc(OC)cc(OC)c2)C1.I. The van der Waals surface area contributed by atoms with E-state index in [0.29, 0.717) is 12.0 Å². The Morgan fingerprint density at radius 2 is 1.90 bits per heavy atom. The fourth-order valence-corrected chi connectivity index (χ4v) is 3.33. The maximum absolute atomic E-state index is 11.9. The van der Waals surface area contributed by atoms with Gasteiger partial charge in [-0.25, -0.2) is 4.99 Å². The molecule has 176 valence electrons. The molecule has 1 heterocycles. The van der Waals surface area contributed by atoms with Crippen LogP contribution < -0.4 is 20.1 Å². The first kappa shape index (κ1) is 27.3. The summed E-state index contributed by atoms with van der Waals surface area (Å²) in [6.45, 7) is 5.89. The third-order valence-electron chi connectivity index (χ3n) is 5.12. The second kappa shape index (κ2) is 14.3. The normalized spacial score (nSPS) is 16.4. The van der Waals surface area contributed by atoms with Gasteiger partial charge in [0.15, 0.2) is 5.96 Å². The van der Waals surface area contributed by atoms with Crippen molar-refractivity contribution in [3.05, 3.63) is 23.8 Å². The Morgan fingerprint density at radius 3 is 2.48 bits per heavy atom. The van der Waals surface area contributed by atoms with Gasteiger partial charge < -0.3 is 25.0 Å². The number of benzene rings is 1. The van der Waals surface area contributed by atoms with Gasteiger partial charge in [-0.3, -0.25) is 9.69 Å². The number of nitrogens with one attached hydrogen (secondary N) is 2. The van der Waals surface area contributed by atoms with Crippen molar-refractivity contribution in [2.75, 3.05) is 54.5 Å². The van der Waals surface area contributed by atoms with Crippen molar-refractivity contribution in [1.29, 1.82) is 0 Å². The first-order chi connectivity index (χ1) is 14.4. The van der Waals surface area contributed by atoms with Gasteiger partial charge in [0.25, 0.3) is 0 Å². The topological polar surface area (TPSA) is 78.4 Å². The van der Waals surface area contributed by atoms with Crippen LogP contribution in [-0.4, -0.2) is 82.2 Å². The molecule has 1 fully saturated rings. The van der Waals surface area contributed by atoms with Crippen LogP contribution >= 0.6 is 24.0 Å². The van der Waals surface area contributed by atoms with E-state index in [4.69, 9.17) is 9.47 Å². The Hall–Kier alpha value is -1.75. The summed E-state index contributed by atoms with van der Waals surface area (Å²) in [6.07, 6.45) is 3.20. The molecule has 1 aromatic rings. The van der Waals surface area contributed by atoms with E-state index in [1.165, 1.54) is 5.56 Å². The van der Waals surface area contributed by atoms with Gasteiger partial charge in [0.2, 0.25) is 5.91 Å². The molecule has 0 aromatic heterocycles. The molecular formula is C22H38IN5O3. The minimum Gasteiger partial charge on any atom is -0.497 e. The number of likely N-dealkylation sites (tertiary alicyclic amines) is 1. The largest absolute Gasteiger partial charge is 0.497 e. The molecule has 0 aliphatic carbocycles. The molecule has 1 unspecified atom stereocenters. The van der Waals surface area contributed by atoms with Crippen LogP contribution in [0.25, 0.3) is 0 Å². The molecule has 2 rings (SSSR count). The predicted molar refractivity (Wildman–Crippen MR) is 136 cm³/mol. The lowest BCUT2D eigenvalue weighted by atomic mass is 10.2. The third-order valence-corrected chi connectivity index (χ3v) is 5.12. The molecule has 1 atom stereocenters. The van der Waals surface area contributed by atoms with Crippen molar-refractivity contribution in [3.8, 4) is 11.5 Å². The fourth-order valence-electron chi connectivity index (χ4n) is 3.33. The quantitative estimate of drug-likeness (QED) is 0.203. The van der Waals surface area contributed by atoms with Crippen LogP contribution in [0.2, 0.25) is 0 Å². The Kier molecular flexibility index (Phi) is 12.6. The van der Waals surface area contributed by atoms with E-state index < -0.39 is 0 Å². The van der Waals surface area contributed by atoms with Crippen LogP contribution in [0.4, 0.5) is 0 Å². The molecule has 31 heavy (non-hydrogen) atoms. The average molecular weight is 547 g/mol. The van der Waals surface area contributed by atoms with Gasteiger partial charge in [-0.2, -0.15) is 0 Å². The summed E-state index contributed by atoms with van der Waals surface area (Å²) in [5, 5.41) is 6.86. The number of aliphatic imine (C=N–C) groups is 1. The van der Waals surface area contributed by atoms with Crippen molar-refractivity contribution in [3.63, 3.8) is 0 Å². The number of carbonyl (C=O) groups is 1. The minimum atomic E-state index is -0.00777. The fraction of sp³-hybridized carbons (Fsp3) is 0.636. The molecule has 1 aliphatic heterocycles. The number of ether oxygens (including phenoxy) is 2. The number of guanidine groups is 1. The second-order valence-corrected chi connectivity index (χ2v) is 7.82. The van der Waals surface area contributed by atoms with E-state index in [1.807, 2.05) is 6.07 Å². The van der Waals surface area contributed by atoms with Crippen molar-refractivity contribution < 1.29 is 14.3 Å². The van der Waals surface area contributed by atoms with Crippen LogP contribution in [-0.2, 0) is 11.3 Å². The number of methoxy groups -OCH3 is 2. The number of nitrogens with zero attached hydrogens (tertiary/aromatic N) is 3. The first-order valence-electron chi connectivity index (χ1n) is 10.6. The van der Waals surface area contributed by atoms with Crippen LogP contribution in [0.15, 0.2) is 23.2 Å². The number of carbonyl (C=O) groups excluding carboxylic acids is 1. The summed E-state index contributed by atoms with van der Waals surface area (Å²) >= 11 is 0. The highest BCUT2D eigenvalue weighted by Gasteiger charge is 2.23. The number of amides is 1. The zero-order valence-electron chi connectivity index (χ0n) is 19.4. The van der Waals surface area contributed by atoms with Crippen molar-refractivity contribution in [2.45, 2.75) is 38.8 Å². The van der Waals surface area contributed by atoms with E-state index >= 15 is 0 Å². The summed E-state index contributed by atoms with van der Waals surface area (Å²) in [4.78, 5) is 20.4. The number of likely N-dealkylation sites (N-methyl/N-ethyl adjacent to an activating group) is 1. The van der Waals surface area contributed by atoms with Gasteiger partial charge >= 0.3 is 0 Å². The molecule has 0 saturated carbocycles. The Labute approximate surface area is 203 Å². The standard InChI is InChI=1S/C22H37N5O3.HI/c1-6-7-9-23-22(24-14-21(28)26(2)3)25-18-8-10-27(16-18)15-17-11-19(29-4)13-20(12-17)30-5;/h11-13,18H,6-10,14-16H2,1-5H3,(H2,23,24,25);1H. The van der Waals surface area contributed by atoms with E-state index in [0.717, 1.165) is 56.9 Å². The third kappa shape index (κ3) is 9.51. The van der Waals surface area contributed by atoms with Gasteiger partial charge in [0, 0.05) is 52.4 Å². The minimum absolute atomic E-state index is 0. The highest BCUT2D eigenvalue weighted by molar-refractivity contribution is 14.0. The maximum Gasteiger partial charge on any atom is 0.243 e. The monoisotopic (exact) mass is 547 g/mol. The molecule has 2 N–H and O–H groups in total. The van der Waals surface area contributed by atoms with Gasteiger partial charge in [-0.05, 0) is 30.5 Å². The van der Waals surface area contributed by atoms with Gasteiger partial charge in [0.05, 0.1) is 14.2 Å². The van der Waals surface area contributed by atoms with E-state index in [9.17, 15) is 4.79 Å². The van der Waals surface area contributed by atoms with Gasteiger partial charge in [-0.15, -0.1) is 24.0 Å². The van der Waals surface area contributed by atoms with Gasteiger partial charge in [-0.1, -0.05) is 13.3 Å². The lowest BCUT2D eigenvalue weighted by Gasteiger charge is -2.20. The number of halogens is 1. The lowest BCUT2D eigenvalue weighted by molar-refractivity contribution is -0.127. The van der Waals surface area contributed by atoms with Crippen molar-refractivity contribution >= 4 is 35.8 Å². The summed E-state index contributed by atoms with van der Waals surface area (Å²) in [5.74, 6) is 2.32. The molecule has 0 bridgehead atoms. The van der Waals surface area contributed by atoms with Crippen LogP contribution in [0.1, 0.15) is 31.7 Å². The molecule has 9 heteroatoms. The Bertz CT molecular complexity index is 692. The maximum atomic E-state index is 11.9. The number of rotatable bonds is 10. The Morgan fingerprint density at radius 1 is 1.23 bits per heavy atom. The molecule has 1 aliphatic rings. The number of hydrogen-bond acceptors (Lipinski definition) is 5. The van der Waals surface area contributed by atoms with E-state index in [-0.39, 0.29) is 36.4 Å². The summed E-state index contributed by atoms with van der Waals surface area (Å²) in [7, 11) is 6.83. The predicted octanol–water partition coefficient (Wildman–Crippen LogP) is 2.32. The highest BCUT2D eigenvalue weighted by Crippen LogP contribution is 2.24. The number of unbranched alkanes of at least 4 members (excludes halogenated alkanes) is 1. The Balaban J connectivity index is 0.00000480. The van der Waals surface area contributed by atoms with E-state index in [2.05, 4.69) is 39.6 Å². The van der Waals surface area contributed by atoms with Crippen molar-refractivity contribution in [1.82, 2.24) is 20.4 Å². The van der Waals surface area contributed by atoms with Crippen molar-refractivity contribution in [2.24, 2.45) is 4.99 Å². The van der Waals surface area contributed by atoms with E-state index in [1.54, 1.807) is 33.2 Å². The molecule has 1 amide bonds. The molecule has 1 aromatic carbocycles. The van der Waals surface area contributed by atoms with Crippen LogP contribution in [0.5, 0.6) is 11.5 Å². The zero-order chi connectivity index (χ0) is 21.9. The molecule has 0 radical (unpaired) electrons. The van der Waals surface area contributed by atoms with Crippen LogP contribution in [0.3, 0.4) is 0 Å². The summed E-state index contributed by atoms with van der Waals surface area (Å²) in [6, 6.07) is 6.28. The molecular weight excluding hydrogens is 509 g/mol. The highest BCUT2D eigenvalue weighted by atomic mass is 127. The summed E-state index contributed by atoms with van der Waals surface area (Å²) in [5.41, 5.74) is 1.17. The molecule has 8 nitrogen and oxygen atoms in total. The number of hydrogen-bond donors (Lipinski definition) is 2. The molecule has 1 saturated heterocycles. The summed E-state index contributed by atoms with van der Waals surface area (Å²) < 4.78 is 10.8. The lowest BCUT2D eigenvalue weighted by Crippen LogP contribution is -2.45. The van der Waals surface area contributed by atoms with Gasteiger partial charge in [0.1, 0.15) is 18.0 Å². The first-order valence-corrected chi connectivity index (χ1v) is 10.6. The van der Waals surface area contributed by atoms with Crippen LogP contribution in [0, 0.1) is 0 Å². The smallest absolute Gasteiger partial charge is 0.243 e. The zero-order valence-corrected chi connectivity index (χ0v) is 21.8. The molecule has 0 spiro atoms.